The van der Waals surface area contributed by atoms with E-state index in [2.05, 4.69) is 53.6 Å². The average molecular weight is 418 g/mol. The lowest BCUT2D eigenvalue weighted by atomic mass is 10.1. The Labute approximate surface area is 175 Å². The second kappa shape index (κ2) is 11.9. The Kier molecular flexibility index (Phi) is 10.6. The van der Waals surface area contributed by atoms with Gasteiger partial charge >= 0.3 is 0 Å². The van der Waals surface area contributed by atoms with Crippen molar-refractivity contribution in [3.8, 4) is 0 Å². The molecule has 1 amide bonds. The number of amides is 1. The Bertz CT molecular complexity index is 555. The second-order valence-corrected chi connectivity index (χ2v) is 7.54. The molecule has 0 saturated carbocycles. The molecule has 27 heavy (non-hydrogen) atoms. The molecule has 2 aliphatic heterocycles. The van der Waals surface area contributed by atoms with Crippen molar-refractivity contribution in [1.29, 1.82) is 0 Å². The number of hydrogen-bond donors (Lipinski definition) is 2. The predicted molar refractivity (Wildman–Crippen MR) is 114 cm³/mol. The van der Waals surface area contributed by atoms with Crippen LogP contribution in [0.15, 0.2) is 24.3 Å². The first kappa shape index (κ1) is 24.2. The number of nitrogens with zero attached hydrogens (tertiary/aromatic N) is 1. The summed E-state index contributed by atoms with van der Waals surface area (Å²) in [5, 5.41) is 6.40. The van der Waals surface area contributed by atoms with Crippen LogP contribution in [0.4, 0.5) is 0 Å². The van der Waals surface area contributed by atoms with Crippen LogP contribution < -0.4 is 10.6 Å². The van der Waals surface area contributed by atoms with E-state index in [-0.39, 0.29) is 30.7 Å². The number of morpholine rings is 1. The first-order valence-corrected chi connectivity index (χ1v) is 9.54. The lowest BCUT2D eigenvalue weighted by molar-refractivity contribution is -0.121. The van der Waals surface area contributed by atoms with Gasteiger partial charge < -0.3 is 15.4 Å². The van der Waals surface area contributed by atoms with E-state index < -0.39 is 0 Å². The fourth-order valence-electron chi connectivity index (χ4n) is 3.86. The van der Waals surface area contributed by atoms with Gasteiger partial charge in [0.15, 0.2) is 0 Å². The molecule has 1 aromatic carbocycles. The summed E-state index contributed by atoms with van der Waals surface area (Å²) in [7, 11) is 0. The molecule has 0 radical (unpaired) electrons. The third-order valence-electron chi connectivity index (χ3n) is 5.01. The number of benzene rings is 1. The number of carbonyl (C=O) groups excluding carboxylic acids is 1. The predicted octanol–water partition coefficient (Wildman–Crippen LogP) is 2.90. The number of hydrogen-bond acceptors (Lipinski definition) is 4. The molecule has 2 aliphatic rings. The van der Waals surface area contributed by atoms with Gasteiger partial charge in [-0.15, -0.1) is 24.8 Å². The lowest BCUT2D eigenvalue weighted by Crippen LogP contribution is -2.44. The van der Waals surface area contributed by atoms with E-state index >= 15 is 0 Å². The van der Waals surface area contributed by atoms with Crippen LogP contribution in [0.3, 0.4) is 0 Å². The highest BCUT2D eigenvalue weighted by Gasteiger charge is 2.22. The molecule has 2 heterocycles. The van der Waals surface area contributed by atoms with Crippen molar-refractivity contribution in [2.24, 2.45) is 0 Å². The molecule has 1 aromatic rings. The van der Waals surface area contributed by atoms with Gasteiger partial charge in [-0.05, 0) is 44.4 Å². The summed E-state index contributed by atoms with van der Waals surface area (Å²) in [5.41, 5.74) is 2.46. The summed E-state index contributed by atoms with van der Waals surface area (Å²) >= 11 is 0. The van der Waals surface area contributed by atoms with Crippen molar-refractivity contribution in [2.45, 2.75) is 64.4 Å². The molecule has 2 saturated heterocycles. The van der Waals surface area contributed by atoms with Crippen LogP contribution in [0.2, 0.25) is 0 Å². The number of ether oxygens (including phenoxy) is 1. The molecule has 7 heteroatoms. The minimum atomic E-state index is 0. The topological polar surface area (TPSA) is 53.6 Å². The highest BCUT2D eigenvalue weighted by atomic mass is 35.5. The van der Waals surface area contributed by atoms with Crippen molar-refractivity contribution in [3.05, 3.63) is 35.4 Å². The molecule has 0 aromatic heterocycles. The van der Waals surface area contributed by atoms with Crippen LogP contribution in [0.1, 0.15) is 44.2 Å². The Balaban J connectivity index is 0.00000182. The summed E-state index contributed by atoms with van der Waals surface area (Å²) in [6, 6.07) is 8.95. The molecule has 3 unspecified atom stereocenters. The van der Waals surface area contributed by atoms with Gasteiger partial charge in [0, 0.05) is 38.6 Å². The molecule has 0 bridgehead atoms. The van der Waals surface area contributed by atoms with Crippen molar-refractivity contribution in [3.63, 3.8) is 0 Å². The highest BCUT2D eigenvalue weighted by Crippen LogP contribution is 2.15. The van der Waals surface area contributed by atoms with Crippen LogP contribution >= 0.6 is 24.8 Å². The summed E-state index contributed by atoms with van der Waals surface area (Å²) in [4.78, 5) is 14.4. The quantitative estimate of drug-likeness (QED) is 0.746. The van der Waals surface area contributed by atoms with E-state index in [0.717, 1.165) is 38.2 Å². The zero-order valence-corrected chi connectivity index (χ0v) is 17.9. The van der Waals surface area contributed by atoms with Crippen LogP contribution in [-0.2, 0) is 22.6 Å². The lowest BCUT2D eigenvalue weighted by Gasteiger charge is -2.35. The van der Waals surface area contributed by atoms with E-state index in [1.807, 2.05) is 0 Å². The van der Waals surface area contributed by atoms with Gasteiger partial charge in [-0.3, -0.25) is 9.69 Å². The summed E-state index contributed by atoms with van der Waals surface area (Å²) in [6.45, 7) is 8.84. The normalized spacial score (nSPS) is 25.3. The van der Waals surface area contributed by atoms with Crippen molar-refractivity contribution in [2.75, 3.05) is 19.6 Å². The molecular formula is C20H33Cl2N3O2. The highest BCUT2D eigenvalue weighted by molar-refractivity contribution is 5.85. The van der Waals surface area contributed by atoms with Gasteiger partial charge in [-0.25, -0.2) is 0 Å². The molecule has 3 rings (SSSR count). The van der Waals surface area contributed by atoms with Gasteiger partial charge in [0.2, 0.25) is 5.91 Å². The molecule has 0 spiro atoms. The number of nitrogens with one attached hydrogen (secondary N) is 2. The number of halogens is 2. The fourth-order valence-corrected chi connectivity index (χ4v) is 3.86. The SMILES string of the molecule is CC1CN(Cc2ccc(CNC(=O)CC3CCCN3)cc2)CC(C)O1.Cl.Cl. The summed E-state index contributed by atoms with van der Waals surface area (Å²) in [5.74, 6) is 0.139. The smallest absolute Gasteiger partial charge is 0.221 e. The Morgan fingerprint density at radius 1 is 1.15 bits per heavy atom. The zero-order chi connectivity index (χ0) is 17.6. The van der Waals surface area contributed by atoms with E-state index in [4.69, 9.17) is 4.74 Å². The van der Waals surface area contributed by atoms with Crippen molar-refractivity contribution in [1.82, 2.24) is 15.5 Å². The molecule has 154 valence electrons. The van der Waals surface area contributed by atoms with Gasteiger partial charge in [0.25, 0.3) is 0 Å². The minimum Gasteiger partial charge on any atom is -0.373 e. The van der Waals surface area contributed by atoms with Gasteiger partial charge in [-0.2, -0.15) is 0 Å². The maximum atomic E-state index is 12.0. The van der Waals surface area contributed by atoms with Gasteiger partial charge in [-0.1, -0.05) is 24.3 Å². The van der Waals surface area contributed by atoms with Crippen LogP contribution in [0.5, 0.6) is 0 Å². The van der Waals surface area contributed by atoms with Crippen LogP contribution in [-0.4, -0.2) is 48.7 Å². The summed E-state index contributed by atoms with van der Waals surface area (Å²) in [6.07, 6.45) is 3.48. The average Bonchev–Trinajstić information content (AvgIpc) is 3.06. The molecule has 2 fully saturated rings. The Hall–Kier alpha value is -0.850. The molecule has 5 nitrogen and oxygen atoms in total. The molecule has 3 atom stereocenters. The minimum absolute atomic E-state index is 0. The van der Waals surface area contributed by atoms with E-state index in [9.17, 15) is 4.79 Å². The third-order valence-corrected chi connectivity index (χ3v) is 5.01. The van der Waals surface area contributed by atoms with Crippen molar-refractivity contribution < 1.29 is 9.53 Å². The fraction of sp³-hybridized carbons (Fsp3) is 0.650. The van der Waals surface area contributed by atoms with E-state index in [1.54, 1.807) is 0 Å². The standard InChI is InChI=1S/C20H31N3O2.2ClH/c1-15-12-23(13-16(2)25-15)14-18-7-5-17(6-8-18)11-22-20(24)10-19-4-3-9-21-19;;/h5-8,15-16,19,21H,3-4,9-14H2,1-2H3,(H,22,24);2*1H. The maximum Gasteiger partial charge on any atom is 0.221 e. The second-order valence-electron chi connectivity index (χ2n) is 7.54. The van der Waals surface area contributed by atoms with Crippen molar-refractivity contribution >= 4 is 30.7 Å². The number of carbonyl (C=O) groups is 1. The van der Waals surface area contributed by atoms with E-state index in [0.29, 0.717) is 31.2 Å². The van der Waals surface area contributed by atoms with Crippen LogP contribution in [0, 0.1) is 0 Å². The molecule has 0 aliphatic carbocycles. The van der Waals surface area contributed by atoms with Gasteiger partial charge in [0.05, 0.1) is 12.2 Å². The Morgan fingerprint density at radius 3 is 2.37 bits per heavy atom. The molecule has 2 N–H and O–H groups in total. The largest absolute Gasteiger partial charge is 0.373 e. The number of rotatable bonds is 6. The van der Waals surface area contributed by atoms with E-state index in [1.165, 1.54) is 12.0 Å². The van der Waals surface area contributed by atoms with Crippen LogP contribution in [0.25, 0.3) is 0 Å². The van der Waals surface area contributed by atoms with Gasteiger partial charge in [0.1, 0.15) is 0 Å². The monoisotopic (exact) mass is 417 g/mol. The zero-order valence-electron chi connectivity index (χ0n) is 16.3. The first-order chi connectivity index (χ1) is 12.1. The maximum absolute atomic E-state index is 12.0. The summed E-state index contributed by atoms with van der Waals surface area (Å²) < 4.78 is 5.79. The Morgan fingerprint density at radius 2 is 1.78 bits per heavy atom. The molecular weight excluding hydrogens is 385 g/mol. The first-order valence-electron chi connectivity index (χ1n) is 9.54. The third kappa shape index (κ3) is 7.96.